The molecule has 4 unspecified atom stereocenters. The summed E-state index contributed by atoms with van der Waals surface area (Å²) in [6.45, 7) is 0.178. The summed E-state index contributed by atoms with van der Waals surface area (Å²) in [5.41, 5.74) is 23.2. The number of aliphatic hydroxyl groups excluding tert-OH is 4. The van der Waals surface area contributed by atoms with E-state index in [2.05, 4.69) is 0 Å². The molecule has 22 heavy (non-hydrogen) atoms. The summed E-state index contributed by atoms with van der Waals surface area (Å²) in [6.07, 6.45) is -5.37. The van der Waals surface area contributed by atoms with E-state index < -0.39 is 54.7 Å². The fourth-order valence-electron chi connectivity index (χ4n) is 3.38. The summed E-state index contributed by atoms with van der Waals surface area (Å²) in [7, 11) is 0. The zero-order valence-corrected chi connectivity index (χ0v) is 12.4. The van der Waals surface area contributed by atoms with E-state index in [1.165, 1.54) is 0 Å². The Morgan fingerprint density at radius 1 is 0.818 bits per heavy atom. The maximum atomic E-state index is 10.1. The lowest BCUT2D eigenvalue weighted by Crippen LogP contribution is -2.65. The van der Waals surface area contributed by atoms with Crippen molar-refractivity contribution in [1.82, 2.24) is 0 Å². The van der Waals surface area contributed by atoms with Crippen LogP contribution in [0.15, 0.2) is 0 Å². The molecule has 9 heteroatoms. The molecule has 0 spiro atoms. The first-order chi connectivity index (χ1) is 10.3. The predicted molar refractivity (Wildman–Crippen MR) is 78.4 cm³/mol. The molecule has 2 aliphatic rings. The third-order valence-electron chi connectivity index (χ3n) is 4.92. The van der Waals surface area contributed by atoms with Gasteiger partial charge in [-0.25, -0.2) is 0 Å². The smallest absolute Gasteiger partial charge is 0.109 e. The highest BCUT2D eigenvalue weighted by Gasteiger charge is 2.47. The second-order valence-corrected chi connectivity index (χ2v) is 6.47. The average Bonchev–Trinajstić information content (AvgIpc) is 2.49. The molecule has 0 bridgehead atoms. The third kappa shape index (κ3) is 3.28. The molecule has 0 aromatic rings. The maximum absolute atomic E-state index is 10.1. The minimum absolute atomic E-state index is 0.178. The first-order valence-corrected chi connectivity index (χ1v) is 7.62. The van der Waals surface area contributed by atoms with E-state index in [-0.39, 0.29) is 12.5 Å². The Labute approximate surface area is 129 Å². The Bertz CT molecular complexity index is 374. The van der Waals surface area contributed by atoms with Crippen LogP contribution in [0.3, 0.4) is 0 Å². The van der Waals surface area contributed by atoms with Gasteiger partial charge in [0.1, 0.15) is 12.2 Å². The molecule has 2 saturated carbocycles. The minimum atomic E-state index is -1.23. The van der Waals surface area contributed by atoms with Crippen LogP contribution in [0.5, 0.6) is 0 Å². The van der Waals surface area contributed by atoms with Gasteiger partial charge < -0.3 is 48.1 Å². The van der Waals surface area contributed by atoms with Gasteiger partial charge in [-0.1, -0.05) is 0 Å². The largest absolute Gasteiger partial charge is 0.390 e. The van der Waals surface area contributed by atoms with E-state index >= 15 is 0 Å². The van der Waals surface area contributed by atoms with Gasteiger partial charge in [-0.3, -0.25) is 0 Å². The Morgan fingerprint density at radius 2 is 1.45 bits per heavy atom. The van der Waals surface area contributed by atoms with Crippen LogP contribution < -0.4 is 22.9 Å². The molecular formula is C13H28N4O5. The van der Waals surface area contributed by atoms with Gasteiger partial charge in [-0.05, 0) is 19.4 Å². The molecule has 0 aliphatic heterocycles. The Balaban J connectivity index is 2.08. The summed E-state index contributed by atoms with van der Waals surface area (Å²) in [6, 6.07) is -2.00. The van der Waals surface area contributed by atoms with Gasteiger partial charge >= 0.3 is 0 Å². The molecule has 0 heterocycles. The number of nitrogens with two attached hydrogens (primary N) is 4. The molecule has 2 fully saturated rings. The van der Waals surface area contributed by atoms with E-state index in [1.807, 2.05) is 0 Å². The van der Waals surface area contributed by atoms with Crippen LogP contribution in [-0.4, -0.2) is 81.7 Å². The Hall–Kier alpha value is -0.360. The standard InChI is InChI=1S/C13H28N4O5/c14-3-4-1-7(8(17)11(20)9(4)18)22-13-6(16)2-5(15)10(19)12(13)21/h4-13,18-21H,1-3,14-17H2/t4?,5-,6?,7+,8?,9-,10?,11-,12-,13-/m1/s1. The van der Waals surface area contributed by atoms with Gasteiger partial charge in [0.25, 0.3) is 0 Å². The van der Waals surface area contributed by atoms with Crippen LogP contribution >= 0.6 is 0 Å². The van der Waals surface area contributed by atoms with Gasteiger partial charge in [0.05, 0.1) is 30.5 Å². The van der Waals surface area contributed by atoms with Gasteiger partial charge in [-0.2, -0.15) is 0 Å². The van der Waals surface area contributed by atoms with Crippen molar-refractivity contribution in [1.29, 1.82) is 0 Å². The third-order valence-corrected chi connectivity index (χ3v) is 4.92. The molecule has 2 aliphatic carbocycles. The van der Waals surface area contributed by atoms with E-state index in [9.17, 15) is 20.4 Å². The highest BCUT2D eigenvalue weighted by molar-refractivity contribution is 5.01. The van der Waals surface area contributed by atoms with Crippen LogP contribution in [0.25, 0.3) is 0 Å². The number of ether oxygens (including phenoxy) is 1. The number of hydrogen-bond donors (Lipinski definition) is 8. The summed E-state index contributed by atoms with van der Waals surface area (Å²) in [5.74, 6) is -0.357. The van der Waals surface area contributed by atoms with Crippen LogP contribution in [0.2, 0.25) is 0 Å². The van der Waals surface area contributed by atoms with Gasteiger partial charge in [0.15, 0.2) is 0 Å². The van der Waals surface area contributed by atoms with Crippen LogP contribution in [-0.2, 0) is 4.74 Å². The minimum Gasteiger partial charge on any atom is -0.390 e. The first kappa shape index (κ1) is 18.0. The monoisotopic (exact) mass is 320 g/mol. The van der Waals surface area contributed by atoms with E-state index in [0.29, 0.717) is 12.8 Å². The molecule has 130 valence electrons. The van der Waals surface area contributed by atoms with Crippen molar-refractivity contribution in [3.8, 4) is 0 Å². The quantitative estimate of drug-likeness (QED) is 0.253. The molecule has 0 saturated heterocycles. The van der Waals surface area contributed by atoms with Crippen LogP contribution in [0.1, 0.15) is 12.8 Å². The number of aliphatic hydroxyl groups is 4. The van der Waals surface area contributed by atoms with E-state index in [0.717, 1.165) is 0 Å². The zero-order chi connectivity index (χ0) is 16.6. The SMILES string of the molecule is NCC1C[C@H](O[C@@H]2C(N)C[C@@H](N)C(O)[C@H]2O)C(N)[C@@H](O)[C@@H]1O. The molecule has 0 aromatic carbocycles. The van der Waals surface area contributed by atoms with Gasteiger partial charge in [-0.15, -0.1) is 0 Å². The summed E-state index contributed by atoms with van der Waals surface area (Å²) < 4.78 is 5.80. The maximum Gasteiger partial charge on any atom is 0.109 e. The fraction of sp³-hybridized carbons (Fsp3) is 1.00. The molecule has 0 amide bonds. The lowest BCUT2D eigenvalue weighted by Gasteiger charge is -2.46. The molecule has 9 nitrogen and oxygen atoms in total. The lowest BCUT2D eigenvalue weighted by molar-refractivity contribution is -0.181. The molecule has 10 atom stereocenters. The Morgan fingerprint density at radius 3 is 2.05 bits per heavy atom. The van der Waals surface area contributed by atoms with E-state index in [4.69, 9.17) is 27.7 Å². The van der Waals surface area contributed by atoms with Crippen molar-refractivity contribution < 1.29 is 25.2 Å². The average molecular weight is 320 g/mol. The molecule has 2 rings (SSSR count). The molecule has 12 N–H and O–H groups in total. The highest BCUT2D eigenvalue weighted by Crippen LogP contribution is 2.30. The van der Waals surface area contributed by atoms with Crippen molar-refractivity contribution in [2.24, 2.45) is 28.9 Å². The van der Waals surface area contributed by atoms with Crippen LogP contribution in [0, 0.1) is 5.92 Å². The normalized spacial score (nSPS) is 53.5. The van der Waals surface area contributed by atoms with Crippen molar-refractivity contribution in [3.63, 3.8) is 0 Å². The predicted octanol–water partition coefficient (Wildman–Crippen LogP) is -4.45. The molecule has 0 aromatic heterocycles. The highest BCUT2D eigenvalue weighted by atomic mass is 16.5. The topological polar surface area (TPSA) is 194 Å². The summed E-state index contributed by atoms with van der Waals surface area (Å²) in [5, 5.41) is 39.9. The van der Waals surface area contributed by atoms with Crippen molar-refractivity contribution >= 4 is 0 Å². The lowest BCUT2D eigenvalue weighted by atomic mass is 9.79. The fourth-order valence-corrected chi connectivity index (χ4v) is 3.38. The summed E-state index contributed by atoms with van der Waals surface area (Å²) >= 11 is 0. The van der Waals surface area contributed by atoms with Crippen molar-refractivity contribution in [2.45, 2.75) is 67.6 Å². The number of hydrogen-bond acceptors (Lipinski definition) is 9. The summed E-state index contributed by atoms with van der Waals surface area (Å²) in [4.78, 5) is 0. The van der Waals surface area contributed by atoms with Crippen molar-refractivity contribution in [3.05, 3.63) is 0 Å². The van der Waals surface area contributed by atoms with E-state index in [1.54, 1.807) is 0 Å². The molecule has 0 radical (unpaired) electrons. The van der Waals surface area contributed by atoms with Gasteiger partial charge in [0.2, 0.25) is 0 Å². The second-order valence-electron chi connectivity index (χ2n) is 6.47. The van der Waals surface area contributed by atoms with Gasteiger partial charge in [0, 0.05) is 18.0 Å². The zero-order valence-electron chi connectivity index (χ0n) is 12.4. The van der Waals surface area contributed by atoms with Crippen LogP contribution in [0.4, 0.5) is 0 Å². The van der Waals surface area contributed by atoms with Crippen molar-refractivity contribution in [2.75, 3.05) is 6.54 Å². The Kier molecular flexibility index (Phi) is 5.75. The number of rotatable bonds is 3. The first-order valence-electron chi connectivity index (χ1n) is 7.62. The molecular weight excluding hydrogens is 292 g/mol. The second kappa shape index (κ2) is 7.04.